The molecule has 1 fully saturated rings. The molecule has 3 aromatic rings. The minimum Gasteiger partial charge on any atom is -0.297 e. The van der Waals surface area contributed by atoms with Crippen LogP contribution >= 0.6 is 0 Å². The fraction of sp³-hybridized carbons (Fsp3) is 0.316. The summed E-state index contributed by atoms with van der Waals surface area (Å²) in [6.07, 6.45) is 1.96. The van der Waals surface area contributed by atoms with Gasteiger partial charge in [0.2, 0.25) is 0 Å². The minimum absolute atomic E-state index is 0.882. The van der Waals surface area contributed by atoms with Crippen LogP contribution in [0, 0.1) is 0 Å². The van der Waals surface area contributed by atoms with Gasteiger partial charge in [-0.15, -0.1) is 0 Å². The van der Waals surface area contributed by atoms with E-state index in [9.17, 15) is 0 Å². The van der Waals surface area contributed by atoms with Crippen LogP contribution in [0.25, 0.3) is 10.9 Å². The molecule has 4 rings (SSSR count). The highest BCUT2D eigenvalue weighted by Gasteiger charge is 2.17. The number of hydrogen-bond acceptors (Lipinski definition) is 3. The minimum atomic E-state index is 0.882. The molecule has 118 valence electrons. The molecule has 2 heterocycles. The number of piperazine rings is 1. The molecule has 0 saturated carbocycles. The molecule has 23 heavy (non-hydrogen) atoms. The van der Waals surface area contributed by atoms with E-state index in [1.165, 1.54) is 16.5 Å². The Morgan fingerprint density at radius 1 is 0.783 bits per heavy atom. The van der Waals surface area contributed by atoms with Crippen LogP contribution in [0.3, 0.4) is 0 Å². The zero-order valence-electron chi connectivity index (χ0n) is 13.3. The molecule has 1 aliphatic rings. The first-order valence-corrected chi connectivity index (χ1v) is 8.28. The monoisotopic (exact) mass is 306 g/mol. The average molecular weight is 306 g/mol. The van der Waals surface area contributed by atoms with Gasteiger partial charge in [-0.2, -0.15) is 5.10 Å². The predicted molar refractivity (Wildman–Crippen MR) is 93.0 cm³/mol. The number of fused-ring (bicyclic) bond motifs is 1. The van der Waals surface area contributed by atoms with Crippen LogP contribution in [-0.2, 0) is 13.2 Å². The number of para-hydroxylation sites is 1. The Kier molecular flexibility index (Phi) is 4.09. The molecule has 4 heteroatoms. The van der Waals surface area contributed by atoms with Gasteiger partial charge in [-0.05, 0) is 11.6 Å². The zero-order valence-corrected chi connectivity index (χ0v) is 13.3. The summed E-state index contributed by atoms with van der Waals surface area (Å²) in [7, 11) is 0. The standard InChI is InChI=1S/C19H22N4/c1-2-6-17(7-3-1)15-21-10-12-22(13-11-21)16-23-19-9-5-4-8-18(19)14-20-23/h1-9,14H,10-13,15-16H2. The molecule has 1 aromatic heterocycles. The third-order valence-electron chi connectivity index (χ3n) is 4.60. The molecule has 1 aliphatic heterocycles. The van der Waals surface area contributed by atoms with Gasteiger partial charge in [-0.1, -0.05) is 48.5 Å². The molecule has 0 N–H and O–H groups in total. The third kappa shape index (κ3) is 3.28. The number of benzene rings is 2. The Bertz CT molecular complexity index is 757. The SMILES string of the molecule is c1ccc(CN2CCN(Cn3ncc4ccccc43)CC2)cc1. The molecule has 0 aliphatic carbocycles. The summed E-state index contributed by atoms with van der Waals surface area (Å²) in [5, 5.41) is 5.76. The van der Waals surface area contributed by atoms with Crippen LogP contribution in [0.2, 0.25) is 0 Å². The van der Waals surface area contributed by atoms with Crippen molar-refractivity contribution in [1.82, 2.24) is 19.6 Å². The molecule has 4 nitrogen and oxygen atoms in total. The zero-order chi connectivity index (χ0) is 15.5. The van der Waals surface area contributed by atoms with Gasteiger partial charge in [0.15, 0.2) is 0 Å². The number of nitrogens with zero attached hydrogens (tertiary/aromatic N) is 4. The summed E-state index contributed by atoms with van der Waals surface area (Å²) in [6.45, 7) is 6.37. The van der Waals surface area contributed by atoms with Gasteiger partial charge >= 0.3 is 0 Å². The van der Waals surface area contributed by atoms with Crippen LogP contribution in [0.15, 0.2) is 60.8 Å². The van der Waals surface area contributed by atoms with E-state index in [1.54, 1.807) is 0 Å². The van der Waals surface area contributed by atoms with Crippen LogP contribution in [-0.4, -0.2) is 45.8 Å². The lowest BCUT2D eigenvalue weighted by Crippen LogP contribution is -2.46. The molecule has 0 radical (unpaired) electrons. The van der Waals surface area contributed by atoms with E-state index >= 15 is 0 Å². The van der Waals surface area contributed by atoms with Gasteiger partial charge in [0.1, 0.15) is 0 Å². The van der Waals surface area contributed by atoms with Crippen molar-refractivity contribution >= 4 is 10.9 Å². The molecule has 0 atom stereocenters. The van der Waals surface area contributed by atoms with Crippen LogP contribution in [0.4, 0.5) is 0 Å². The Labute approximate surface area is 136 Å². The van der Waals surface area contributed by atoms with Gasteiger partial charge in [-0.3, -0.25) is 14.5 Å². The van der Waals surface area contributed by atoms with Crippen LogP contribution in [0.5, 0.6) is 0 Å². The normalized spacial score (nSPS) is 16.9. The third-order valence-corrected chi connectivity index (χ3v) is 4.60. The topological polar surface area (TPSA) is 24.3 Å². The highest BCUT2D eigenvalue weighted by Crippen LogP contribution is 2.14. The van der Waals surface area contributed by atoms with Gasteiger partial charge in [-0.25, -0.2) is 0 Å². The van der Waals surface area contributed by atoms with Gasteiger partial charge in [0, 0.05) is 38.1 Å². The van der Waals surface area contributed by atoms with Crippen molar-refractivity contribution in [3.8, 4) is 0 Å². The molecule has 0 bridgehead atoms. The first-order chi connectivity index (χ1) is 11.4. The second-order valence-electron chi connectivity index (χ2n) is 6.22. The summed E-state index contributed by atoms with van der Waals surface area (Å²) in [4.78, 5) is 5.02. The quantitative estimate of drug-likeness (QED) is 0.741. The second kappa shape index (κ2) is 6.52. The van der Waals surface area contributed by atoms with E-state index in [0.717, 1.165) is 39.4 Å². The molecule has 0 amide bonds. The van der Waals surface area contributed by atoms with Crippen molar-refractivity contribution in [2.24, 2.45) is 0 Å². The summed E-state index contributed by atoms with van der Waals surface area (Å²) in [5.74, 6) is 0. The summed E-state index contributed by atoms with van der Waals surface area (Å²) >= 11 is 0. The Morgan fingerprint density at radius 2 is 1.48 bits per heavy atom. The lowest BCUT2D eigenvalue weighted by atomic mass is 10.2. The van der Waals surface area contributed by atoms with Crippen molar-refractivity contribution in [3.05, 3.63) is 66.4 Å². The fourth-order valence-electron chi connectivity index (χ4n) is 3.26. The maximum Gasteiger partial charge on any atom is 0.0936 e. The van der Waals surface area contributed by atoms with Crippen LogP contribution < -0.4 is 0 Å². The highest BCUT2D eigenvalue weighted by molar-refractivity contribution is 5.78. The first-order valence-electron chi connectivity index (χ1n) is 8.28. The maximum absolute atomic E-state index is 4.54. The highest BCUT2D eigenvalue weighted by atomic mass is 15.4. The van der Waals surface area contributed by atoms with Crippen molar-refractivity contribution in [3.63, 3.8) is 0 Å². The van der Waals surface area contributed by atoms with Crippen molar-refractivity contribution in [2.75, 3.05) is 26.2 Å². The number of aromatic nitrogens is 2. The molecule has 0 unspecified atom stereocenters. The van der Waals surface area contributed by atoms with Gasteiger partial charge in [0.05, 0.1) is 18.4 Å². The smallest absolute Gasteiger partial charge is 0.0936 e. The van der Waals surface area contributed by atoms with Crippen LogP contribution in [0.1, 0.15) is 5.56 Å². The molecular formula is C19H22N4. The fourth-order valence-corrected chi connectivity index (χ4v) is 3.26. The molecule has 1 saturated heterocycles. The number of rotatable bonds is 4. The van der Waals surface area contributed by atoms with Gasteiger partial charge in [0.25, 0.3) is 0 Å². The van der Waals surface area contributed by atoms with E-state index in [0.29, 0.717) is 0 Å². The van der Waals surface area contributed by atoms with Crippen molar-refractivity contribution < 1.29 is 0 Å². The van der Waals surface area contributed by atoms with Gasteiger partial charge < -0.3 is 0 Å². The van der Waals surface area contributed by atoms with Crippen molar-refractivity contribution in [2.45, 2.75) is 13.2 Å². The Hall–Kier alpha value is -2.17. The Balaban J connectivity index is 1.35. The largest absolute Gasteiger partial charge is 0.297 e. The predicted octanol–water partition coefficient (Wildman–Crippen LogP) is 2.81. The van der Waals surface area contributed by atoms with E-state index in [1.807, 2.05) is 6.20 Å². The average Bonchev–Trinajstić information content (AvgIpc) is 3.01. The molecule has 2 aromatic carbocycles. The lowest BCUT2D eigenvalue weighted by Gasteiger charge is -2.34. The molecular weight excluding hydrogens is 284 g/mol. The maximum atomic E-state index is 4.54. The molecule has 0 spiro atoms. The van der Waals surface area contributed by atoms with E-state index in [4.69, 9.17) is 0 Å². The summed E-state index contributed by atoms with van der Waals surface area (Å²) in [6, 6.07) is 19.2. The van der Waals surface area contributed by atoms with E-state index in [2.05, 4.69) is 74.2 Å². The van der Waals surface area contributed by atoms with E-state index < -0.39 is 0 Å². The number of hydrogen-bond donors (Lipinski definition) is 0. The summed E-state index contributed by atoms with van der Waals surface area (Å²) < 4.78 is 2.11. The van der Waals surface area contributed by atoms with E-state index in [-0.39, 0.29) is 0 Å². The lowest BCUT2D eigenvalue weighted by molar-refractivity contribution is 0.100. The first kappa shape index (κ1) is 14.4. The summed E-state index contributed by atoms with van der Waals surface area (Å²) in [5.41, 5.74) is 2.62. The Morgan fingerprint density at radius 3 is 2.30 bits per heavy atom. The second-order valence-corrected chi connectivity index (χ2v) is 6.22. The van der Waals surface area contributed by atoms with Crippen molar-refractivity contribution in [1.29, 1.82) is 0 Å².